The average molecular weight is 211 g/mol. The Bertz CT molecular complexity index is 189. The van der Waals surface area contributed by atoms with Gasteiger partial charge in [-0.2, -0.15) is 0 Å². The van der Waals surface area contributed by atoms with Crippen LogP contribution in [0.1, 0.15) is 46.0 Å². The fraction of sp³-hybridized carbons (Fsp3) is 1.00. The van der Waals surface area contributed by atoms with Gasteiger partial charge in [-0.3, -0.25) is 0 Å². The van der Waals surface area contributed by atoms with Crippen LogP contribution in [0.3, 0.4) is 0 Å². The fourth-order valence-electron chi connectivity index (χ4n) is 2.98. The zero-order valence-electron chi connectivity index (χ0n) is 10.2. The molecule has 0 amide bonds. The van der Waals surface area contributed by atoms with Crippen molar-refractivity contribution >= 4 is 0 Å². The van der Waals surface area contributed by atoms with Crippen molar-refractivity contribution in [3.8, 4) is 0 Å². The number of hydrogen-bond acceptors (Lipinski definition) is 2. The van der Waals surface area contributed by atoms with Crippen molar-refractivity contribution in [1.29, 1.82) is 0 Å². The van der Waals surface area contributed by atoms with E-state index < -0.39 is 0 Å². The van der Waals surface area contributed by atoms with E-state index in [1.165, 1.54) is 32.1 Å². The van der Waals surface area contributed by atoms with Crippen LogP contribution < -0.4 is 5.32 Å². The molecule has 0 aromatic carbocycles. The maximum Gasteiger partial charge on any atom is 0.0509 e. The Kier molecular flexibility index (Phi) is 4.04. The highest BCUT2D eigenvalue weighted by molar-refractivity contribution is 4.84. The summed E-state index contributed by atoms with van der Waals surface area (Å²) in [5.74, 6) is 1.61. The molecule has 0 aromatic rings. The highest BCUT2D eigenvalue weighted by atomic mass is 16.5. The van der Waals surface area contributed by atoms with Crippen LogP contribution in [-0.4, -0.2) is 25.3 Å². The lowest BCUT2D eigenvalue weighted by Gasteiger charge is -2.33. The summed E-state index contributed by atoms with van der Waals surface area (Å²) in [4.78, 5) is 0. The molecule has 1 N–H and O–H groups in total. The maximum absolute atomic E-state index is 5.45. The Morgan fingerprint density at radius 2 is 2.00 bits per heavy atom. The molecule has 88 valence electrons. The van der Waals surface area contributed by atoms with E-state index in [1.807, 2.05) is 0 Å². The van der Waals surface area contributed by atoms with Crippen molar-refractivity contribution < 1.29 is 4.74 Å². The quantitative estimate of drug-likeness (QED) is 0.774. The lowest BCUT2D eigenvalue weighted by molar-refractivity contribution is 0.170. The van der Waals surface area contributed by atoms with E-state index in [1.54, 1.807) is 0 Å². The lowest BCUT2D eigenvalue weighted by Crippen LogP contribution is -2.45. The van der Waals surface area contributed by atoms with Gasteiger partial charge in [0.15, 0.2) is 0 Å². The van der Waals surface area contributed by atoms with Gasteiger partial charge in [-0.15, -0.1) is 0 Å². The zero-order chi connectivity index (χ0) is 10.7. The van der Waals surface area contributed by atoms with Crippen LogP contribution in [0.4, 0.5) is 0 Å². The van der Waals surface area contributed by atoms with Gasteiger partial charge in [-0.25, -0.2) is 0 Å². The molecule has 15 heavy (non-hydrogen) atoms. The van der Waals surface area contributed by atoms with Gasteiger partial charge in [0, 0.05) is 18.7 Å². The zero-order valence-corrected chi connectivity index (χ0v) is 10.2. The monoisotopic (exact) mass is 211 g/mol. The van der Waals surface area contributed by atoms with E-state index in [4.69, 9.17) is 4.74 Å². The van der Waals surface area contributed by atoms with Crippen molar-refractivity contribution in [3.63, 3.8) is 0 Å². The molecule has 4 atom stereocenters. The Hall–Kier alpha value is -0.0800. The normalized spacial score (nSPS) is 39.2. The minimum atomic E-state index is 0.637. The van der Waals surface area contributed by atoms with E-state index >= 15 is 0 Å². The minimum absolute atomic E-state index is 0.637. The molecule has 1 saturated heterocycles. The van der Waals surface area contributed by atoms with E-state index in [0.29, 0.717) is 6.04 Å². The van der Waals surface area contributed by atoms with Crippen LogP contribution in [0.5, 0.6) is 0 Å². The number of ether oxygens (including phenoxy) is 1. The van der Waals surface area contributed by atoms with Crippen LogP contribution in [0.2, 0.25) is 0 Å². The van der Waals surface area contributed by atoms with Crippen LogP contribution in [0.15, 0.2) is 0 Å². The molecular weight excluding hydrogens is 186 g/mol. The molecule has 1 saturated carbocycles. The summed E-state index contributed by atoms with van der Waals surface area (Å²) >= 11 is 0. The van der Waals surface area contributed by atoms with Gasteiger partial charge in [-0.1, -0.05) is 19.8 Å². The van der Waals surface area contributed by atoms with Crippen LogP contribution in [0, 0.1) is 11.8 Å². The molecule has 1 heterocycles. The first kappa shape index (κ1) is 11.4. The molecule has 2 nitrogen and oxygen atoms in total. The van der Waals surface area contributed by atoms with E-state index in [9.17, 15) is 0 Å². The van der Waals surface area contributed by atoms with Crippen molar-refractivity contribution in [3.05, 3.63) is 0 Å². The molecule has 1 aliphatic carbocycles. The van der Waals surface area contributed by atoms with Gasteiger partial charge in [0.2, 0.25) is 0 Å². The van der Waals surface area contributed by atoms with Crippen molar-refractivity contribution in [2.24, 2.45) is 11.8 Å². The van der Waals surface area contributed by atoms with Gasteiger partial charge in [0.05, 0.1) is 6.61 Å². The van der Waals surface area contributed by atoms with Crippen molar-refractivity contribution in [2.45, 2.75) is 58.0 Å². The number of nitrogens with one attached hydrogen (secondary N) is 1. The molecule has 2 aliphatic rings. The first-order valence-corrected chi connectivity index (χ1v) is 6.61. The molecule has 0 aromatic heterocycles. The average Bonchev–Trinajstić information content (AvgIpc) is 2.74. The third-order valence-electron chi connectivity index (χ3n) is 4.26. The number of hydrogen-bond donors (Lipinski definition) is 1. The Labute approximate surface area is 93.8 Å². The maximum atomic E-state index is 5.45. The van der Waals surface area contributed by atoms with E-state index in [2.05, 4.69) is 19.2 Å². The molecular formula is C13H25NO. The summed E-state index contributed by atoms with van der Waals surface area (Å²) < 4.78 is 5.45. The molecule has 0 bridgehead atoms. The largest absolute Gasteiger partial charge is 0.381 e. The summed E-state index contributed by atoms with van der Waals surface area (Å²) in [7, 11) is 0. The summed E-state index contributed by atoms with van der Waals surface area (Å²) in [5, 5.41) is 3.83. The predicted octanol–water partition coefficient (Wildman–Crippen LogP) is 2.58. The van der Waals surface area contributed by atoms with Crippen LogP contribution in [-0.2, 0) is 4.74 Å². The second-order valence-electron chi connectivity index (χ2n) is 5.45. The van der Waals surface area contributed by atoms with Gasteiger partial charge >= 0.3 is 0 Å². The standard InChI is InChI=1S/C13H25NO/c1-10-5-3-4-6-13(10)14-11(2)12-7-8-15-9-12/h10-14H,3-9H2,1-2H3. The summed E-state index contributed by atoms with van der Waals surface area (Å²) in [6, 6.07) is 1.40. The molecule has 0 radical (unpaired) electrons. The second kappa shape index (κ2) is 5.31. The first-order chi connectivity index (χ1) is 7.27. The van der Waals surface area contributed by atoms with Gasteiger partial charge in [0.25, 0.3) is 0 Å². The van der Waals surface area contributed by atoms with E-state index in [-0.39, 0.29) is 0 Å². The Morgan fingerprint density at radius 3 is 2.67 bits per heavy atom. The first-order valence-electron chi connectivity index (χ1n) is 6.61. The Morgan fingerprint density at radius 1 is 1.20 bits per heavy atom. The Balaban J connectivity index is 1.78. The minimum Gasteiger partial charge on any atom is -0.381 e. The predicted molar refractivity (Wildman–Crippen MR) is 62.9 cm³/mol. The second-order valence-corrected chi connectivity index (χ2v) is 5.45. The summed E-state index contributed by atoms with van der Waals surface area (Å²) in [5.41, 5.74) is 0. The third-order valence-corrected chi connectivity index (χ3v) is 4.26. The van der Waals surface area contributed by atoms with Gasteiger partial charge in [0.1, 0.15) is 0 Å². The van der Waals surface area contributed by atoms with E-state index in [0.717, 1.165) is 31.1 Å². The lowest BCUT2D eigenvalue weighted by atomic mass is 9.85. The summed E-state index contributed by atoms with van der Waals surface area (Å²) in [6.45, 7) is 6.67. The van der Waals surface area contributed by atoms with Crippen molar-refractivity contribution in [1.82, 2.24) is 5.32 Å². The molecule has 2 rings (SSSR count). The molecule has 2 fully saturated rings. The highest BCUT2D eigenvalue weighted by Crippen LogP contribution is 2.25. The molecule has 0 spiro atoms. The van der Waals surface area contributed by atoms with Crippen molar-refractivity contribution in [2.75, 3.05) is 13.2 Å². The van der Waals surface area contributed by atoms with Gasteiger partial charge in [-0.05, 0) is 38.0 Å². The summed E-state index contributed by atoms with van der Waals surface area (Å²) in [6.07, 6.45) is 6.87. The molecule has 4 unspecified atom stereocenters. The van der Waals surface area contributed by atoms with Crippen LogP contribution >= 0.6 is 0 Å². The fourth-order valence-corrected chi connectivity index (χ4v) is 2.98. The van der Waals surface area contributed by atoms with Gasteiger partial charge < -0.3 is 10.1 Å². The molecule has 2 heteroatoms. The SMILES string of the molecule is CC1CCCCC1NC(C)C1CCOC1. The molecule has 1 aliphatic heterocycles. The topological polar surface area (TPSA) is 21.3 Å². The smallest absolute Gasteiger partial charge is 0.0509 e. The highest BCUT2D eigenvalue weighted by Gasteiger charge is 2.27. The third kappa shape index (κ3) is 2.94. The number of rotatable bonds is 3. The van der Waals surface area contributed by atoms with Crippen LogP contribution in [0.25, 0.3) is 0 Å².